The summed E-state index contributed by atoms with van der Waals surface area (Å²) >= 11 is 0. The molecule has 0 heterocycles. The van der Waals surface area contributed by atoms with E-state index in [1.54, 1.807) is 0 Å². The Hall–Kier alpha value is -1.12. The Morgan fingerprint density at radius 2 is 2.18 bits per heavy atom. The Morgan fingerprint density at radius 3 is 2.65 bits per heavy atom. The molecule has 0 aromatic rings. The molecular formula is C14H20O3. The molecule has 2 bridgehead atoms. The Balaban J connectivity index is 1.98. The highest BCUT2D eigenvalue weighted by atomic mass is 16.6. The van der Waals surface area contributed by atoms with E-state index in [2.05, 4.69) is 6.92 Å². The number of ketones is 1. The van der Waals surface area contributed by atoms with Gasteiger partial charge in [0.2, 0.25) is 0 Å². The third-order valence-electron chi connectivity index (χ3n) is 3.72. The molecule has 2 rings (SSSR count). The van der Waals surface area contributed by atoms with Gasteiger partial charge in [0, 0.05) is 11.8 Å². The minimum absolute atomic E-state index is 0.0353. The number of allylic oxidation sites excluding steroid dienone is 2. The highest BCUT2D eigenvalue weighted by Gasteiger charge is 2.48. The van der Waals surface area contributed by atoms with Crippen molar-refractivity contribution >= 4 is 11.8 Å². The number of carbonyl (C=O) groups is 2. The van der Waals surface area contributed by atoms with Crippen molar-refractivity contribution in [2.45, 2.75) is 45.6 Å². The average Bonchev–Trinajstić information content (AvgIpc) is 2.73. The van der Waals surface area contributed by atoms with Gasteiger partial charge in [-0.25, -0.2) is 0 Å². The van der Waals surface area contributed by atoms with Crippen LogP contribution in [0.1, 0.15) is 40.0 Å². The predicted octanol–water partition coefficient (Wildman–Crippen LogP) is 2.50. The first-order valence-corrected chi connectivity index (χ1v) is 6.39. The molecule has 1 saturated carbocycles. The van der Waals surface area contributed by atoms with E-state index in [1.807, 2.05) is 26.0 Å². The number of fused-ring (bicyclic) bond motifs is 2. The molecule has 0 saturated heterocycles. The second kappa shape index (κ2) is 4.28. The number of hydrogen-bond acceptors (Lipinski definition) is 3. The third-order valence-corrected chi connectivity index (χ3v) is 3.72. The van der Waals surface area contributed by atoms with E-state index in [1.165, 1.54) is 0 Å². The van der Waals surface area contributed by atoms with Gasteiger partial charge in [-0.15, -0.1) is 0 Å². The maximum absolute atomic E-state index is 12.1. The Bertz CT molecular complexity index is 368. The molecule has 3 heteroatoms. The number of esters is 1. The van der Waals surface area contributed by atoms with Gasteiger partial charge in [0.25, 0.3) is 0 Å². The van der Waals surface area contributed by atoms with Crippen LogP contribution in [0.4, 0.5) is 0 Å². The predicted molar refractivity (Wildman–Crippen MR) is 64.3 cm³/mol. The number of ether oxygens (including phenoxy) is 1. The Labute approximate surface area is 102 Å². The minimum Gasteiger partial charge on any atom is -0.459 e. The fraction of sp³-hybridized carbons (Fsp3) is 0.714. The number of hydrogen-bond donors (Lipinski definition) is 0. The maximum Gasteiger partial charge on any atom is 0.310 e. The molecule has 3 atom stereocenters. The van der Waals surface area contributed by atoms with E-state index in [0.29, 0.717) is 6.42 Å². The number of rotatable bonds is 4. The molecule has 94 valence electrons. The molecule has 0 aromatic carbocycles. The molecule has 1 fully saturated rings. The van der Waals surface area contributed by atoms with E-state index in [4.69, 9.17) is 4.74 Å². The standard InChI is InChI=1S/C14H20O3/c1-4-7-14(2,3)17-13(16)11-8-9-5-6-10(11)12(9)15/h5-6,9-11H,4,7-8H2,1-3H3. The van der Waals surface area contributed by atoms with Crippen molar-refractivity contribution in [1.82, 2.24) is 0 Å². The van der Waals surface area contributed by atoms with Crippen LogP contribution in [0.2, 0.25) is 0 Å². The SMILES string of the molecule is CCCC(C)(C)OC(=O)C1CC2C=CC1C2=O. The van der Waals surface area contributed by atoms with Gasteiger partial charge in [0.15, 0.2) is 0 Å². The van der Waals surface area contributed by atoms with Crippen LogP contribution in [0, 0.1) is 17.8 Å². The van der Waals surface area contributed by atoms with Gasteiger partial charge in [0.1, 0.15) is 11.4 Å². The monoisotopic (exact) mass is 236 g/mol. The highest BCUT2D eigenvalue weighted by Crippen LogP contribution is 2.41. The quantitative estimate of drug-likeness (QED) is 0.556. The van der Waals surface area contributed by atoms with Crippen molar-refractivity contribution < 1.29 is 14.3 Å². The van der Waals surface area contributed by atoms with Crippen LogP contribution in [0.25, 0.3) is 0 Å². The lowest BCUT2D eigenvalue weighted by atomic mass is 9.93. The van der Waals surface area contributed by atoms with Crippen molar-refractivity contribution in [3.63, 3.8) is 0 Å². The first kappa shape index (κ1) is 12.3. The summed E-state index contributed by atoms with van der Waals surface area (Å²) in [7, 11) is 0. The van der Waals surface area contributed by atoms with Crippen LogP contribution in [0.15, 0.2) is 12.2 Å². The molecule has 2 aliphatic carbocycles. The molecule has 0 aromatic heterocycles. The van der Waals surface area contributed by atoms with E-state index in [9.17, 15) is 9.59 Å². The Kier molecular flexibility index (Phi) is 3.11. The maximum atomic E-state index is 12.1. The van der Waals surface area contributed by atoms with Gasteiger partial charge in [-0.2, -0.15) is 0 Å². The lowest BCUT2D eigenvalue weighted by Gasteiger charge is -2.27. The number of Topliss-reactive ketones (excluding diaryl/α,β-unsaturated/α-hetero) is 1. The highest BCUT2D eigenvalue weighted by molar-refractivity contribution is 5.96. The summed E-state index contributed by atoms with van der Waals surface area (Å²) in [5.74, 6) is -0.501. The second-order valence-electron chi connectivity index (χ2n) is 5.69. The lowest BCUT2D eigenvalue weighted by Crippen LogP contribution is -2.33. The fourth-order valence-corrected chi connectivity index (χ4v) is 2.88. The average molecular weight is 236 g/mol. The zero-order valence-electron chi connectivity index (χ0n) is 10.7. The summed E-state index contributed by atoms with van der Waals surface area (Å²) in [5, 5.41) is 0. The first-order chi connectivity index (χ1) is 7.94. The summed E-state index contributed by atoms with van der Waals surface area (Å²) in [6.07, 6.45) is 6.27. The molecule has 3 nitrogen and oxygen atoms in total. The zero-order chi connectivity index (χ0) is 12.6. The molecule has 0 N–H and O–H groups in total. The smallest absolute Gasteiger partial charge is 0.310 e. The minimum atomic E-state index is -0.416. The van der Waals surface area contributed by atoms with Crippen molar-refractivity contribution in [3.05, 3.63) is 12.2 Å². The van der Waals surface area contributed by atoms with Crippen LogP contribution in [-0.2, 0) is 14.3 Å². The second-order valence-corrected chi connectivity index (χ2v) is 5.69. The van der Waals surface area contributed by atoms with Crippen molar-refractivity contribution in [2.75, 3.05) is 0 Å². The molecular weight excluding hydrogens is 216 g/mol. The topological polar surface area (TPSA) is 43.4 Å². The summed E-state index contributed by atoms with van der Waals surface area (Å²) in [6.45, 7) is 5.93. The molecule has 0 amide bonds. The normalized spacial score (nSPS) is 31.0. The zero-order valence-corrected chi connectivity index (χ0v) is 10.7. The van der Waals surface area contributed by atoms with Gasteiger partial charge in [-0.3, -0.25) is 9.59 Å². The van der Waals surface area contributed by atoms with Gasteiger partial charge in [-0.1, -0.05) is 25.5 Å². The van der Waals surface area contributed by atoms with Gasteiger partial charge < -0.3 is 4.74 Å². The molecule has 0 aliphatic heterocycles. The van der Waals surface area contributed by atoms with Crippen molar-refractivity contribution in [2.24, 2.45) is 17.8 Å². The van der Waals surface area contributed by atoms with Crippen molar-refractivity contribution in [3.8, 4) is 0 Å². The summed E-state index contributed by atoms with van der Waals surface area (Å²) in [5.41, 5.74) is -0.416. The first-order valence-electron chi connectivity index (χ1n) is 6.39. The van der Waals surface area contributed by atoms with E-state index >= 15 is 0 Å². The van der Waals surface area contributed by atoms with Crippen LogP contribution in [0.3, 0.4) is 0 Å². The van der Waals surface area contributed by atoms with Crippen molar-refractivity contribution in [1.29, 1.82) is 0 Å². The molecule has 17 heavy (non-hydrogen) atoms. The molecule has 3 unspecified atom stereocenters. The van der Waals surface area contributed by atoms with Crippen LogP contribution in [0.5, 0.6) is 0 Å². The summed E-state index contributed by atoms with van der Waals surface area (Å²) < 4.78 is 5.54. The van der Waals surface area contributed by atoms with E-state index < -0.39 is 5.60 Å². The lowest BCUT2D eigenvalue weighted by molar-refractivity contribution is -0.163. The van der Waals surface area contributed by atoms with Gasteiger partial charge in [-0.05, 0) is 26.7 Å². The van der Waals surface area contributed by atoms with Crippen LogP contribution >= 0.6 is 0 Å². The van der Waals surface area contributed by atoms with Crippen LogP contribution < -0.4 is 0 Å². The fourth-order valence-electron chi connectivity index (χ4n) is 2.88. The number of carbonyl (C=O) groups excluding carboxylic acids is 2. The summed E-state index contributed by atoms with van der Waals surface area (Å²) in [6, 6.07) is 0. The van der Waals surface area contributed by atoms with Crippen LogP contribution in [-0.4, -0.2) is 17.4 Å². The van der Waals surface area contributed by atoms with Gasteiger partial charge >= 0.3 is 5.97 Å². The van der Waals surface area contributed by atoms with Gasteiger partial charge in [0.05, 0.1) is 5.92 Å². The molecule has 2 aliphatic rings. The van der Waals surface area contributed by atoms with E-state index in [-0.39, 0.29) is 29.5 Å². The molecule has 0 spiro atoms. The van der Waals surface area contributed by atoms with E-state index in [0.717, 1.165) is 12.8 Å². The largest absolute Gasteiger partial charge is 0.459 e. The summed E-state index contributed by atoms with van der Waals surface area (Å²) in [4.78, 5) is 23.8. The Morgan fingerprint density at radius 1 is 1.47 bits per heavy atom. The third kappa shape index (κ3) is 2.28. The molecule has 0 radical (unpaired) electrons.